The van der Waals surface area contributed by atoms with Crippen LogP contribution >= 0.6 is 0 Å². The van der Waals surface area contributed by atoms with Gasteiger partial charge in [-0.3, -0.25) is 4.79 Å². The number of sulfone groups is 1. The second-order valence-corrected chi connectivity index (χ2v) is 11.0. The summed E-state index contributed by atoms with van der Waals surface area (Å²) in [6, 6.07) is 11.5. The third-order valence-corrected chi connectivity index (χ3v) is 8.14. The van der Waals surface area contributed by atoms with Gasteiger partial charge in [-0.25, -0.2) is 18.4 Å². The largest absolute Gasteiger partial charge is 0.390 e. The Bertz CT molecular complexity index is 1280. The van der Waals surface area contributed by atoms with Gasteiger partial charge in [-0.15, -0.1) is 0 Å². The first-order chi connectivity index (χ1) is 16.2. The van der Waals surface area contributed by atoms with E-state index in [9.17, 15) is 18.3 Å². The number of aromatic nitrogens is 2. The summed E-state index contributed by atoms with van der Waals surface area (Å²) in [6.45, 7) is 3.13. The molecule has 9 heteroatoms. The number of nitrogens with two attached hydrogens (primary N) is 1. The summed E-state index contributed by atoms with van der Waals surface area (Å²) in [4.78, 5) is 23.1. The van der Waals surface area contributed by atoms with Crippen LogP contribution in [0.2, 0.25) is 0 Å². The van der Waals surface area contributed by atoms with Crippen LogP contribution in [-0.2, 0) is 15.6 Å². The standard InChI is InChI=1S/C25H30N4O4S/c1-2-3-11-25(31)12-14-29(15-13-25)24(30)19-9-7-18(8-10-19)17-34(32,33)21-6-4-5-20-23(21)27-16-22(26)28-20/h4-10,16,31H,2-3,11-15,17H2,1H3,(H2,26,28). The number of unbranched alkanes of at least 4 members (excludes halogenated alkanes) is 1. The average molecular weight is 483 g/mol. The quantitative estimate of drug-likeness (QED) is 0.529. The molecule has 2 aromatic carbocycles. The number of fused-ring (bicyclic) bond motifs is 1. The summed E-state index contributed by atoms with van der Waals surface area (Å²) in [5.41, 5.74) is 6.77. The first-order valence-electron chi connectivity index (χ1n) is 11.6. The maximum absolute atomic E-state index is 13.1. The number of nitrogen functional groups attached to an aromatic ring is 1. The number of amides is 1. The van der Waals surface area contributed by atoms with Gasteiger partial charge >= 0.3 is 0 Å². The molecular weight excluding hydrogens is 452 g/mol. The Morgan fingerprint density at radius 3 is 2.53 bits per heavy atom. The second-order valence-electron chi connectivity index (χ2n) is 8.99. The van der Waals surface area contributed by atoms with Crippen LogP contribution in [0.5, 0.6) is 0 Å². The summed E-state index contributed by atoms with van der Waals surface area (Å²) in [5.74, 6) is -0.101. The Balaban J connectivity index is 1.45. The number of rotatable bonds is 7. The van der Waals surface area contributed by atoms with Crippen LogP contribution in [0.4, 0.5) is 5.82 Å². The van der Waals surface area contributed by atoms with E-state index in [1.54, 1.807) is 41.3 Å². The lowest BCUT2D eigenvalue weighted by atomic mass is 9.86. The Kier molecular flexibility index (Phi) is 6.86. The molecule has 1 aliphatic heterocycles. The molecule has 1 saturated heterocycles. The highest BCUT2D eigenvalue weighted by atomic mass is 32.2. The van der Waals surface area contributed by atoms with Gasteiger partial charge in [0.1, 0.15) is 11.3 Å². The summed E-state index contributed by atoms with van der Waals surface area (Å²) >= 11 is 0. The molecule has 1 amide bonds. The van der Waals surface area contributed by atoms with Crippen molar-refractivity contribution in [2.45, 2.75) is 55.3 Å². The van der Waals surface area contributed by atoms with Crippen molar-refractivity contribution in [3.63, 3.8) is 0 Å². The minimum Gasteiger partial charge on any atom is -0.390 e. The number of benzene rings is 2. The van der Waals surface area contributed by atoms with Gasteiger partial charge in [-0.1, -0.05) is 38.0 Å². The fraction of sp³-hybridized carbons (Fsp3) is 0.400. The van der Waals surface area contributed by atoms with Crippen molar-refractivity contribution in [3.8, 4) is 0 Å². The lowest BCUT2D eigenvalue weighted by Crippen LogP contribution is -2.46. The second kappa shape index (κ2) is 9.68. The van der Waals surface area contributed by atoms with Gasteiger partial charge in [0.05, 0.1) is 28.0 Å². The molecule has 2 heterocycles. The third-order valence-electron chi connectivity index (χ3n) is 6.42. The van der Waals surface area contributed by atoms with Gasteiger partial charge in [0.2, 0.25) is 0 Å². The van der Waals surface area contributed by atoms with E-state index < -0.39 is 15.4 Å². The number of piperidine rings is 1. The number of nitrogens with zero attached hydrogens (tertiary/aromatic N) is 3. The van der Waals surface area contributed by atoms with Crippen LogP contribution in [0.1, 0.15) is 54.9 Å². The van der Waals surface area contributed by atoms with Crippen molar-refractivity contribution in [1.82, 2.24) is 14.9 Å². The Morgan fingerprint density at radius 1 is 1.15 bits per heavy atom. The van der Waals surface area contributed by atoms with Crippen LogP contribution in [0, 0.1) is 0 Å². The maximum Gasteiger partial charge on any atom is 0.253 e. The molecule has 0 aliphatic carbocycles. The maximum atomic E-state index is 13.1. The van der Waals surface area contributed by atoms with E-state index in [4.69, 9.17) is 5.73 Å². The van der Waals surface area contributed by atoms with Gasteiger partial charge in [0.15, 0.2) is 9.84 Å². The number of aliphatic hydroxyl groups is 1. The molecule has 4 rings (SSSR count). The van der Waals surface area contributed by atoms with Gasteiger partial charge in [-0.05, 0) is 49.1 Å². The molecule has 0 saturated carbocycles. The SMILES string of the molecule is CCCCC1(O)CCN(C(=O)c2ccc(CS(=O)(=O)c3cccc4nc(N)cnc34)cc2)CC1. The van der Waals surface area contributed by atoms with Gasteiger partial charge in [-0.2, -0.15) is 0 Å². The summed E-state index contributed by atoms with van der Waals surface area (Å²) in [5, 5.41) is 10.7. The molecule has 3 N–H and O–H groups in total. The summed E-state index contributed by atoms with van der Waals surface area (Å²) in [6.07, 6.45) is 5.28. The number of anilines is 1. The van der Waals surface area contributed by atoms with Crippen molar-refractivity contribution < 1.29 is 18.3 Å². The van der Waals surface area contributed by atoms with E-state index in [2.05, 4.69) is 16.9 Å². The van der Waals surface area contributed by atoms with Crippen LogP contribution < -0.4 is 5.73 Å². The zero-order valence-electron chi connectivity index (χ0n) is 19.3. The van der Waals surface area contributed by atoms with Crippen LogP contribution in [0.15, 0.2) is 53.6 Å². The monoisotopic (exact) mass is 482 g/mol. The molecule has 0 unspecified atom stereocenters. The zero-order valence-corrected chi connectivity index (χ0v) is 20.1. The van der Waals surface area contributed by atoms with E-state index in [1.165, 1.54) is 12.3 Å². The van der Waals surface area contributed by atoms with E-state index >= 15 is 0 Å². The van der Waals surface area contributed by atoms with Crippen molar-refractivity contribution in [1.29, 1.82) is 0 Å². The molecule has 180 valence electrons. The predicted octanol–water partition coefficient (Wildman–Crippen LogP) is 3.34. The smallest absolute Gasteiger partial charge is 0.253 e. The van der Waals surface area contributed by atoms with Gasteiger partial charge in [0.25, 0.3) is 5.91 Å². The van der Waals surface area contributed by atoms with E-state index in [0.29, 0.717) is 42.6 Å². The first kappa shape index (κ1) is 24.1. The Morgan fingerprint density at radius 2 is 1.85 bits per heavy atom. The Hall–Kier alpha value is -3.04. The number of carbonyl (C=O) groups excluding carboxylic acids is 1. The first-order valence-corrected chi connectivity index (χ1v) is 13.2. The van der Waals surface area contributed by atoms with Crippen LogP contribution in [0.3, 0.4) is 0 Å². The number of carbonyl (C=O) groups is 1. The molecule has 1 aromatic heterocycles. The minimum atomic E-state index is -3.69. The van der Waals surface area contributed by atoms with Crippen molar-refractivity contribution >= 4 is 32.6 Å². The fourth-order valence-corrected chi connectivity index (χ4v) is 5.91. The highest BCUT2D eigenvalue weighted by Crippen LogP contribution is 2.29. The molecule has 0 radical (unpaired) electrons. The molecule has 1 fully saturated rings. The predicted molar refractivity (Wildman–Crippen MR) is 131 cm³/mol. The summed E-state index contributed by atoms with van der Waals surface area (Å²) < 4.78 is 26.2. The normalized spacial score (nSPS) is 16.0. The van der Waals surface area contributed by atoms with E-state index in [0.717, 1.165) is 19.3 Å². The average Bonchev–Trinajstić information content (AvgIpc) is 2.82. The van der Waals surface area contributed by atoms with Crippen LogP contribution in [0.25, 0.3) is 11.0 Å². The van der Waals surface area contributed by atoms with E-state index in [-0.39, 0.29) is 27.9 Å². The minimum absolute atomic E-state index is 0.0986. The van der Waals surface area contributed by atoms with Crippen LogP contribution in [-0.4, -0.2) is 53.0 Å². The molecule has 1 aliphatic rings. The molecular formula is C25H30N4O4S. The molecule has 8 nitrogen and oxygen atoms in total. The number of hydrogen-bond donors (Lipinski definition) is 2. The molecule has 34 heavy (non-hydrogen) atoms. The topological polar surface area (TPSA) is 126 Å². The zero-order chi connectivity index (χ0) is 24.3. The molecule has 0 bridgehead atoms. The summed E-state index contributed by atoms with van der Waals surface area (Å²) in [7, 11) is -3.69. The Labute approximate surface area is 199 Å². The van der Waals surface area contributed by atoms with E-state index in [1.807, 2.05) is 0 Å². The lowest BCUT2D eigenvalue weighted by molar-refractivity contribution is -0.0242. The number of para-hydroxylation sites is 1. The molecule has 0 atom stereocenters. The van der Waals surface area contributed by atoms with Crippen molar-refractivity contribution in [3.05, 3.63) is 59.8 Å². The highest BCUT2D eigenvalue weighted by Gasteiger charge is 2.33. The van der Waals surface area contributed by atoms with Gasteiger partial charge in [0, 0.05) is 18.7 Å². The van der Waals surface area contributed by atoms with Crippen molar-refractivity contribution in [2.24, 2.45) is 0 Å². The molecule has 3 aromatic rings. The number of hydrogen-bond acceptors (Lipinski definition) is 7. The fourth-order valence-electron chi connectivity index (χ4n) is 4.39. The third kappa shape index (κ3) is 5.20. The van der Waals surface area contributed by atoms with Crippen molar-refractivity contribution in [2.75, 3.05) is 18.8 Å². The lowest BCUT2D eigenvalue weighted by Gasteiger charge is -2.38. The molecule has 0 spiro atoms. The van der Waals surface area contributed by atoms with Gasteiger partial charge < -0.3 is 15.7 Å². The highest BCUT2D eigenvalue weighted by molar-refractivity contribution is 7.90. The number of likely N-dealkylation sites (tertiary alicyclic amines) is 1.